The molecule has 2 fully saturated rings. The van der Waals surface area contributed by atoms with Crippen LogP contribution in [-0.2, 0) is 19.4 Å². The number of rotatable bonds is 6. The Morgan fingerprint density at radius 3 is 2.24 bits per heavy atom. The third kappa shape index (κ3) is 6.37. The Kier molecular flexibility index (Phi) is 8.61. The normalized spacial score (nSPS) is 22.1. The van der Waals surface area contributed by atoms with Gasteiger partial charge in [0.2, 0.25) is 5.91 Å². The minimum atomic E-state index is -3.90. The van der Waals surface area contributed by atoms with Gasteiger partial charge in [0.05, 0.1) is 12.2 Å². The van der Waals surface area contributed by atoms with Gasteiger partial charge in [-0.15, -0.1) is 0 Å². The van der Waals surface area contributed by atoms with Crippen molar-refractivity contribution in [1.29, 1.82) is 0 Å². The number of halogens is 1. The van der Waals surface area contributed by atoms with E-state index >= 15 is 0 Å². The maximum Gasteiger partial charge on any atom is 0.317 e. The molecule has 11 heteroatoms. The Bertz CT molecular complexity index is 1200. The Morgan fingerprint density at radius 1 is 1.00 bits per heavy atom. The fourth-order valence-electron chi connectivity index (χ4n) is 5.11. The number of urea groups is 1. The van der Waals surface area contributed by atoms with Gasteiger partial charge in [0.15, 0.2) is 9.84 Å². The quantitative estimate of drug-likeness (QED) is 0.362. The van der Waals surface area contributed by atoms with Gasteiger partial charge in [0.1, 0.15) is 16.2 Å². The lowest BCUT2D eigenvalue weighted by atomic mass is 9.90. The minimum Gasteiger partial charge on any atom is -0.457 e. The summed E-state index contributed by atoms with van der Waals surface area (Å²) in [4.78, 5) is 26.8. The third-order valence-electron chi connectivity index (χ3n) is 7.23. The predicted octanol–water partition coefficient (Wildman–Crippen LogP) is 4.39. The first-order valence-corrected chi connectivity index (χ1v) is 14.5. The SMILES string of the molecule is O=C(CC1(c2ccc(Oc3ccc(Cl)cc3)cc2)CCN(C(=O)NC2CCCCC2)CCS1(=O)=O)NO. The van der Waals surface area contributed by atoms with Crippen molar-refractivity contribution in [3.8, 4) is 11.5 Å². The number of benzene rings is 2. The van der Waals surface area contributed by atoms with E-state index in [9.17, 15) is 23.2 Å². The monoisotopic (exact) mass is 549 g/mol. The molecule has 1 saturated heterocycles. The van der Waals surface area contributed by atoms with E-state index in [1.807, 2.05) is 0 Å². The zero-order valence-corrected chi connectivity index (χ0v) is 22.1. The van der Waals surface area contributed by atoms with Crippen molar-refractivity contribution >= 4 is 33.4 Å². The van der Waals surface area contributed by atoms with E-state index < -0.39 is 26.9 Å². The fraction of sp³-hybridized carbons (Fsp3) is 0.462. The number of amides is 3. The van der Waals surface area contributed by atoms with E-state index in [0.717, 1.165) is 32.1 Å². The topological polar surface area (TPSA) is 125 Å². The van der Waals surface area contributed by atoms with Gasteiger partial charge in [-0.2, -0.15) is 0 Å². The molecule has 9 nitrogen and oxygen atoms in total. The van der Waals surface area contributed by atoms with Crippen LogP contribution in [0.4, 0.5) is 4.79 Å². The maximum absolute atomic E-state index is 13.7. The lowest BCUT2D eigenvalue weighted by Gasteiger charge is -2.32. The van der Waals surface area contributed by atoms with Crippen LogP contribution in [0.15, 0.2) is 48.5 Å². The summed E-state index contributed by atoms with van der Waals surface area (Å²) in [6, 6.07) is 13.1. The van der Waals surface area contributed by atoms with Crippen LogP contribution in [0.2, 0.25) is 5.02 Å². The van der Waals surface area contributed by atoms with E-state index in [4.69, 9.17) is 16.3 Å². The van der Waals surface area contributed by atoms with E-state index in [1.54, 1.807) is 54.0 Å². The second-order valence-corrected chi connectivity index (χ2v) is 12.5. The number of hydrogen-bond donors (Lipinski definition) is 3. The standard InChI is InChI=1S/C26H32ClN3O6S/c27-20-8-12-23(13-9-20)36-22-10-6-19(7-11-22)26(18-24(31)29-33)14-15-30(16-17-37(26,34)35)25(32)28-21-4-2-1-3-5-21/h6-13,21,33H,1-5,14-18H2,(H,28,32)(H,29,31). The second-order valence-electron chi connectivity index (χ2n) is 9.63. The molecule has 0 bridgehead atoms. The highest BCUT2D eigenvalue weighted by atomic mass is 35.5. The Balaban J connectivity index is 1.57. The van der Waals surface area contributed by atoms with Gasteiger partial charge >= 0.3 is 6.03 Å². The van der Waals surface area contributed by atoms with Crippen LogP contribution in [0.5, 0.6) is 11.5 Å². The number of carbonyl (C=O) groups is 2. The number of hydroxylamine groups is 1. The molecule has 1 saturated carbocycles. The van der Waals surface area contributed by atoms with Crippen LogP contribution in [0.25, 0.3) is 0 Å². The van der Waals surface area contributed by atoms with Gasteiger partial charge in [0, 0.05) is 24.2 Å². The van der Waals surface area contributed by atoms with Crippen molar-refractivity contribution < 1.29 is 28.0 Å². The first-order chi connectivity index (χ1) is 17.7. The highest BCUT2D eigenvalue weighted by Gasteiger charge is 2.49. The van der Waals surface area contributed by atoms with Crippen LogP contribution in [0.3, 0.4) is 0 Å². The highest BCUT2D eigenvalue weighted by molar-refractivity contribution is 7.92. The Morgan fingerprint density at radius 2 is 1.62 bits per heavy atom. The summed E-state index contributed by atoms with van der Waals surface area (Å²) in [7, 11) is -3.90. The van der Waals surface area contributed by atoms with Crippen molar-refractivity contribution in [3.05, 3.63) is 59.1 Å². The number of hydrogen-bond acceptors (Lipinski definition) is 6. The van der Waals surface area contributed by atoms with Gasteiger partial charge in [-0.3, -0.25) is 10.0 Å². The van der Waals surface area contributed by atoms with Crippen molar-refractivity contribution in [2.45, 2.75) is 55.7 Å². The average molecular weight is 550 g/mol. The summed E-state index contributed by atoms with van der Waals surface area (Å²) in [5.74, 6) is -0.0713. The van der Waals surface area contributed by atoms with Gasteiger partial charge < -0.3 is 15.0 Å². The van der Waals surface area contributed by atoms with Crippen molar-refractivity contribution in [3.63, 3.8) is 0 Å². The average Bonchev–Trinajstić information content (AvgIpc) is 3.02. The number of carbonyl (C=O) groups excluding carboxylic acids is 2. The third-order valence-corrected chi connectivity index (χ3v) is 9.98. The zero-order valence-electron chi connectivity index (χ0n) is 20.5. The molecule has 1 aliphatic heterocycles. The summed E-state index contributed by atoms with van der Waals surface area (Å²) in [6.45, 7) is 0.181. The molecule has 200 valence electrons. The molecule has 0 radical (unpaired) electrons. The minimum absolute atomic E-state index is 0.0121. The van der Waals surface area contributed by atoms with E-state index in [0.29, 0.717) is 22.1 Å². The van der Waals surface area contributed by atoms with Crippen LogP contribution in [0, 0.1) is 0 Å². The molecule has 1 atom stereocenters. The molecule has 1 aliphatic carbocycles. The van der Waals surface area contributed by atoms with E-state index in [-0.39, 0.29) is 37.3 Å². The second kappa shape index (κ2) is 11.7. The molecule has 0 spiro atoms. The van der Waals surface area contributed by atoms with Crippen LogP contribution in [0.1, 0.15) is 50.5 Å². The predicted molar refractivity (Wildman–Crippen MR) is 140 cm³/mol. The number of nitrogens with zero attached hydrogens (tertiary/aromatic N) is 1. The van der Waals surface area contributed by atoms with E-state index in [2.05, 4.69) is 5.32 Å². The Hall–Kier alpha value is -2.82. The molecule has 3 amide bonds. The molecule has 2 aromatic carbocycles. The molecule has 4 rings (SSSR count). The first-order valence-electron chi connectivity index (χ1n) is 12.5. The molecule has 1 heterocycles. The lowest BCUT2D eigenvalue weighted by Crippen LogP contribution is -2.46. The summed E-state index contributed by atoms with van der Waals surface area (Å²) < 4.78 is 31.6. The summed E-state index contributed by atoms with van der Waals surface area (Å²) in [5, 5.41) is 12.8. The number of nitrogens with one attached hydrogen (secondary N) is 2. The maximum atomic E-state index is 13.7. The van der Waals surface area contributed by atoms with Crippen molar-refractivity contribution in [2.75, 3.05) is 18.8 Å². The van der Waals surface area contributed by atoms with Crippen molar-refractivity contribution in [2.24, 2.45) is 0 Å². The van der Waals surface area contributed by atoms with Gasteiger partial charge in [0.25, 0.3) is 0 Å². The molecule has 37 heavy (non-hydrogen) atoms. The molecule has 2 aromatic rings. The first kappa shape index (κ1) is 27.2. The van der Waals surface area contributed by atoms with Gasteiger partial charge in [-0.1, -0.05) is 43.0 Å². The van der Waals surface area contributed by atoms with Gasteiger partial charge in [-0.25, -0.2) is 18.7 Å². The molecular formula is C26H32ClN3O6S. The number of ether oxygens (including phenoxy) is 1. The summed E-state index contributed by atoms with van der Waals surface area (Å²) >= 11 is 5.92. The van der Waals surface area contributed by atoms with Gasteiger partial charge in [-0.05, 0) is 61.2 Å². The Labute approximate surface area is 222 Å². The van der Waals surface area contributed by atoms with Crippen LogP contribution >= 0.6 is 11.6 Å². The van der Waals surface area contributed by atoms with Crippen molar-refractivity contribution in [1.82, 2.24) is 15.7 Å². The zero-order chi connectivity index (χ0) is 26.5. The molecule has 2 aliphatic rings. The lowest BCUT2D eigenvalue weighted by molar-refractivity contribution is -0.130. The molecule has 1 unspecified atom stereocenters. The molecule has 0 aromatic heterocycles. The van der Waals surface area contributed by atoms with Crippen LogP contribution < -0.4 is 15.5 Å². The van der Waals surface area contributed by atoms with E-state index in [1.165, 1.54) is 4.90 Å². The smallest absolute Gasteiger partial charge is 0.317 e. The largest absolute Gasteiger partial charge is 0.457 e. The molecule has 3 N–H and O–H groups in total. The summed E-state index contributed by atoms with van der Waals surface area (Å²) in [5.41, 5.74) is 1.97. The van der Waals surface area contributed by atoms with Crippen LogP contribution in [-0.4, -0.2) is 55.3 Å². The number of sulfone groups is 1. The highest BCUT2D eigenvalue weighted by Crippen LogP contribution is 2.41. The summed E-state index contributed by atoms with van der Waals surface area (Å²) in [6.07, 6.45) is 4.67. The molecular weight excluding hydrogens is 518 g/mol. The fourth-order valence-corrected chi connectivity index (χ4v) is 7.34.